The first-order valence-electron chi connectivity index (χ1n) is 12.0. The molecule has 0 saturated carbocycles. The molecule has 1 N–H and O–H groups in total. The second-order valence-corrected chi connectivity index (χ2v) is 8.90. The number of amides is 2. The minimum atomic E-state index is -0.527. The Hall–Kier alpha value is -4.49. The van der Waals surface area contributed by atoms with Gasteiger partial charge in [-0.1, -0.05) is 48.5 Å². The summed E-state index contributed by atoms with van der Waals surface area (Å²) in [5.41, 5.74) is 5.12. The third-order valence-electron chi connectivity index (χ3n) is 6.08. The van der Waals surface area contributed by atoms with Crippen molar-refractivity contribution in [3.05, 3.63) is 108 Å². The summed E-state index contributed by atoms with van der Waals surface area (Å²) in [5.74, 6) is -0.324. The van der Waals surface area contributed by atoms with Crippen LogP contribution in [-0.4, -0.2) is 28.1 Å². The number of benzene rings is 3. The van der Waals surface area contributed by atoms with Crippen molar-refractivity contribution in [3.8, 4) is 22.7 Å². The first kappa shape index (κ1) is 24.2. The number of nitrogens with zero attached hydrogens (tertiary/aromatic N) is 2. The van der Waals surface area contributed by atoms with Crippen LogP contribution in [0.15, 0.2) is 96.6 Å². The molecule has 6 nitrogen and oxygen atoms in total. The summed E-state index contributed by atoms with van der Waals surface area (Å²) < 4.78 is 7.63. The number of aryl methyl sites for hydroxylation is 1. The summed E-state index contributed by atoms with van der Waals surface area (Å²) in [6.07, 6.45) is 1.65. The number of para-hydroxylation sites is 1. The van der Waals surface area contributed by atoms with Crippen molar-refractivity contribution in [2.45, 2.75) is 13.8 Å². The van der Waals surface area contributed by atoms with Crippen LogP contribution in [0.1, 0.15) is 18.2 Å². The van der Waals surface area contributed by atoms with E-state index in [-0.39, 0.29) is 10.7 Å². The van der Waals surface area contributed by atoms with Gasteiger partial charge in [-0.05, 0) is 80.2 Å². The number of hydrogen-bond acceptors (Lipinski definition) is 4. The van der Waals surface area contributed by atoms with Gasteiger partial charge in [0.1, 0.15) is 11.3 Å². The second-order valence-electron chi connectivity index (χ2n) is 8.51. The third-order valence-corrected chi connectivity index (χ3v) is 6.37. The molecule has 37 heavy (non-hydrogen) atoms. The number of carbonyl (C=O) groups is 2. The summed E-state index contributed by atoms with van der Waals surface area (Å²) >= 11 is 5.37. The van der Waals surface area contributed by atoms with Crippen LogP contribution in [0.2, 0.25) is 0 Å². The minimum absolute atomic E-state index is 0.00452. The molecule has 1 aromatic heterocycles. The van der Waals surface area contributed by atoms with Gasteiger partial charge in [0.15, 0.2) is 5.11 Å². The van der Waals surface area contributed by atoms with Crippen LogP contribution < -0.4 is 15.0 Å². The maximum absolute atomic E-state index is 13.6. The highest BCUT2D eigenvalue weighted by Gasteiger charge is 2.35. The molecule has 0 aliphatic carbocycles. The van der Waals surface area contributed by atoms with Crippen LogP contribution in [-0.2, 0) is 9.59 Å². The van der Waals surface area contributed by atoms with Crippen LogP contribution in [0, 0.1) is 6.92 Å². The molecule has 0 radical (unpaired) electrons. The SMILES string of the molecule is CCOc1ccc(N2C(=O)/C(=C/c3cc(C)n(-c4ccccc4)c3-c3ccccc3)C(=O)NC2=S)cc1. The number of hydrogen-bond donors (Lipinski definition) is 1. The van der Waals surface area contributed by atoms with Crippen molar-refractivity contribution in [3.63, 3.8) is 0 Å². The largest absolute Gasteiger partial charge is 0.494 e. The lowest BCUT2D eigenvalue weighted by atomic mass is 10.0. The predicted molar refractivity (Wildman–Crippen MR) is 150 cm³/mol. The smallest absolute Gasteiger partial charge is 0.270 e. The molecule has 2 amide bonds. The molecule has 0 unspecified atom stereocenters. The molecule has 184 valence electrons. The fraction of sp³-hybridized carbons (Fsp3) is 0.100. The van der Waals surface area contributed by atoms with E-state index in [4.69, 9.17) is 17.0 Å². The van der Waals surface area contributed by atoms with Gasteiger partial charge in [-0.15, -0.1) is 0 Å². The van der Waals surface area contributed by atoms with Gasteiger partial charge >= 0.3 is 0 Å². The van der Waals surface area contributed by atoms with E-state index in [0.717, 1.165) is 28.2 Å². The lowest BCUT2D eigenvalue weighted by molar-refractivity contribution is -0.122. The van der Waals surface area contributed by atoms with Crippen LogP contribution >= 0.6 is 12.2 Å². The number of rotatable bonds is 6. The molecular weight excluding hydrogens is 482 g/mol. The number of anilines is 1. The molecule has 1 aliphatic heterocycles. The van der Waals surface area contributed by atoms with E-state index in [1.807, 2.05) is 80.6 Å². The van der Waals surface area contributed by atoms with Gasteiger partial charge in [0.2, 0.25) is 0 Å². The molecule has 1 saturated heterocycles. The monoisotopic (exact) mass is 507 g/mol. The normalized spacial score (nSPS) is 14.7. The molecule has 5 rings (SSSR count). The molecule has 3 aromatic carbocycles. The van der Waals surface area contributed by atoms with Gasteiger partial charge in [-0.25, -0.2) is 0 Å². The Balaban J connectivity index is 1.62. The molecule has 1 aliphatic rings. The van der Waals surface area contributed by atoms with E-state index < -0.39 is 11.8 Å². The maximum atomic E-state index is 13.6. The third kappa shape index (κ3) is 4.69. The van der Waals surface area contributed by atoms with Gasteiger partial charge < -0.3 is 9.30 Å². The molecule has 2 heterocycles. The Kier molecular flexibility index (Phi) is 6.70. The van der Waals surface area contributed by atoms with Crippen molar-refractivity contribution in [2.24, 2.45) is 0 Å². The highest BCUT2D eigenvalue weighted by atomic mass is 32.1. The molecule has 0 bridgehead atoms. The van der Waals surface area contributed by atoms with E-state index in [1.54, 1.807) is 30.3 Å². The second kappa shape index (κ2) is 10.2. The molecular formula is C30H25N3O3S. The van der Waals surface area contributed by atoms with E-state index >= 15 is 0 Å². The Morgan fingerprint density at radius 2 is 1.54 bits per heavy atom. The van der Waals surface area contributed by atoms with Gasteiger partial charge in [-0.3, -0.25) is 19.8 Å². The van der Waals surface area contributed by atoms with E-state index in [1.165, 1.54) is 4.90 Å². The molecule has 0 spiro atoms. The standard InChI is InChI=1S/C30H25N3O3S/c1-3-36-25-16-14-24(15-17-25)33-29(35)26(28(34)31-30(33)37)19-22-18-20(2)32(23-12-8-5-9-13-23)27(22)21-10-6-4-7-11-21/h4-19H,3H2,1-2H3,(H,31,34,37)/b26-19+. The molecule has 7 heteroatoms. The van der Waals surface area contributed by atoms with E-state index in [2.05, 4.69) is 9.88 Å². The van der Waals surface area contributed by atoms with Gasteiger partial charge in [0, 0.05) is 16.9 Å². The molecule has 4 aromatic rings. The van der Waals surface area contributed by atoms with Gasteiger partial charge in [0.25, 0.3) is 11.8 Å². The Morgan fingerprint density at radius 3 is 2.19 bits per heavy atom. The zero-order valence-electron chi connectivity index (χ0n) is 20.5. The average Bonchev–Trinajstić information content (AvgIpc) is 3.24. The first-order valence-corrected chi connectivity index (χ1v) is 12.4. The fourth-order valence-corrected chi connectivity index (χ4v) is 4.76. The lowest BCUT2D eigenvalue weighted by Crippen LogP contribution is -2.54. The summed E-state index contributed by atoms with van der Waals surface area (Å²) in [7, 11) is 0. The van der Waals surface area contributed by atoms with Crippen LogP contribution in [0.5, 0.6) is 5.75 Å². The maximum Gasteiger partial charge on any atom is 0.270 e. The molecule has 1 fully saturated rings. The Bertz CT molecular complexity index is 1510. The number of nitrogens with one attached hydrogen (secondary N) is 1. The van der Waals surface area contributed by atoms with Crippen LogP contribution in [0.4, 0.5) is 5.69 Å². The van der Waals surface area contributed by atoms with Crippen LogP contribution in [0.25, 0.3) is 23.0 Å². The highest BCUT2D eigenvalue weighted by Crippen LogP contribution is 2.33. The number of carbonyl (C=O) groups excluding carboxylic acids is 2. The zero-order valence-corrected chi connectivity index (χ0v) is 21.3. The zero-order chi connectivity index (χ0) is 25.9. The van der Waals surface area contributed by atoms with Crippen molar-refractivity contribution >= 4 is 40.9 Å². The van der Waals surface area contributed by atoms with Gasteiger partial charge in [0.05, 0.1) is 18.0 Å². The van der Waals surface area contributed by atoms with E-state index in [0.29, 0.717) is 18.0 Å². The first-order chi connectivity index (χ1) is 18.0. The van der Waals surface area contributed by atoms with Crippen molar-refractivity contribution in [2.75, 3.05) is 11.5 Å². The topological polar surface area (TPSA) is 63.6 Å². The Morgan fingerprint density at radius 1 is 0.892 bits per heavy atom. The Labute approximate surface area is 220 Å². The number of aromatic nitrogens is 1. The molecule has 0 atom stereocenters. The fourth-order valence-electron chi connectivity index (χ4n) is 4.48. The quantitative estimate of drug-likeness (QED) is 0.207. The van der Waals surface area contributed by atoms with Crippen molar-refractivity contribution in [1.82, 2.24) is 9.88 Å². The van der Waals surface area contributed by atoms with Gasteiger partial charge in [-0.2, -0.15) is 0 Å². The predicted octanol–water partition coefficient (Wildman–Crippen LogP) is 5.68. The lowest BCUT2D eigenvalue weighted by Gasteiger charge is -2.29. The highest BCUT2D eigenvalue weighted by molar-refractivity contribution is 7.80. The summed E-state index contributed by atoms with van der Waals surface area (Å²) in [6.45, 7) is 4.45. The average molecular weight is 508 g/mol. The van der Waals surface area contributed by atoms with Crippen molar-refractivity contribution in [1.29, 1.82) is 0 Å². The minimum Gasteiger partial charge on any atom is -0.494 e. The van der Waals surface area contributed by atoms with Crippen molar-refractivity contribution < 1.29 is 14.3 Å². The summed E-state index contributed by atoms with van der Waals surface area (Å²) in [5, 5.41) is 2.71. The van der Waals surface area contributed by atoms with E-state index in [9.17, 15) is 9.59 Å². The summed E-state index contributed by atoms with van der Waals surface area (Å²) in [6, 6.07) is 28.9. The number of thiocarbonyl (C=S) groups is 1. The van der Waals surface area contributed by atoms with Crippen LogP contribution in [0.3, 0.4) is 0 Å². The summed E-state index contributed by atoms with van der Waals surface area (Å²) in [4.78, 5) is 28.0. The number of ether oxygens (including phenoxy) is 1.